The Bertz CT molecular complexity index is 554. The van der Waals surface area contributed by atoms with Gasteiger partial charge in [0.2, 0.25) is 0 Å². The second-order valence-electron chi connectivity index (χ2n) is 6.82. The highest BCUT2D eigenvalue weighted by Gasteiger charge is 2.43. The van der Waals surface area contributed by atoms with E-state index in [2.05, 4.69) is 5.32 Å². The topological polar surface area (TPSA) is 155 Å². The number of aliphatic hydroxyl groups is 4. The molecule has 1 aliphatic carbocycles. The highest BCUT2D eigenvalue weighted by atomic mass is 32.2. The molecule has 2 aliphatic rings. The first-order valence-corrected chi connectivity index (χ1v) is 11.3. The van der Waals surface area contributed by atoms with E-state index < -0.39 is 47.2 Å². The van der Waals surface area contributed by atoms with Gasteiger partial charge < -0.3 is 40.0 Å². The van der Waals surface area contributed by atoms with E-state index >= 15 is 0 Å². The van der Waals surface area contributed by atoms with Crippen molar-refractivity contribution in [2.24, 2.45) is 0 Å². The van der Waals surface area contributed by atoms with Crippen LogP contribution >= 0.6 is 0 Å². The lowest BCUT2D eigenvalue weighted by Gasteiger charge is -2.39. The molecule has 1 saturated heterocycles. The third-order valence-electron chi connectivity index (χ3n) is 4.54. The fourth-order valence-electron chi connectivity index (χ4n) is 2.79. The van der Waals surface area contributed by atoms with Gasteiger partial charge in [-0.15, -0.1) is 0 Å². The first-order chi connectivity index (χ1) is 13.8. The van der Waals surface area contributed by atoms with Gasteiger partial charge in [0, 0.05) is 19.0 Å². The summed E-state index contributed by atoms with van der Waals surface area (Å²) in [6.45, 7) is 0.577. The summed E-state index contributed by atoms with van der Waals surface area (Å²) in [6, 6.07) is 0. The number of nitrogens with one attached hydrogen (secondary N) is 1. The van der Waals surface area contributed by atoms with Crippen molar-refractivity contribution >= 4 is 9.84 Å². The van der Waals surface area contributed by atoms with Crippen LogP contribution in [-0.4, -0.2) is 111 Å². The summed E-state index contributed by atoms with van der Waals surface area (Å²) < 4.78 is 39.8. The molecular weight excluding hydrogens is 406 g/mol. The molecule has 0 unspecified atom stereocenters. The average Bonchev–Trinajstić information content (AvgIpc) is 3.21. The fraction of sp³-hybridized carbons (Fsp3) is 0.722. The molecule has 0 aromatic carbocycles. The second-order valence-corrected chi connectivity index (χ2v) is 9.12. The number of aliphatic hydroxyl groups excluding tert-OH is 4. The average molecular weight is 437 g/mol. The van der Waals surface area contributed by atoms with Gasteiger partial charge in [-0.25, -0.2) is 8.42 Å². The van der Waals surface area contributed by atoms with Gasteiger partial charge in [-0.3, -0.25) is 0 Å². The molecule has 11 heteroatoms. The normalized spacial score (nSPS) is 31.4. The van der Waals surface area contributed by atoms with Crippen molar-refractivity contribution in [1.82, 2.24) is 5.32 Å². The molecule has 0 bridgehead atoms. The molecule has 2 fully saturated rings. The van der Waals surface area contributed by atoms with Gasteiger partial charge >= 0.3 is 0 Å². The Morgan fingerprint density at radius 1 is 1.00 bits per heavy atom. The lowest BCUT2D eigenvalue weighted by molar-refractivity contribution is -0.300. The Morgan fingerprint density at radius 2 is 1.72 bits per heavy atom. The van der Waals surface area contributed by atoms with Gasteiger partial charge in [-0.2, -0.15) is 0 Å². The second kappa shape index (κ2) is 12.5. The van der Waals surface area contributed by atoms with Crippen molar-refractivity contribution in [3.63, 3.8) is 0 Å². The zero-order valence-electron chi connectivity index (χ0n) is 16.1. The van der Waals surface area contributed by atoms with E-state index in [-0.39, 0.29) is 37.8 Å². The minimum atomic E-state index is -3.24. The van der Waals surface area contributed by atoms with E-state index in [1.165, 1.54) is 0 Å². The molecule has 29 heavy (non-hydrogen) atoms. The number of hydrogen-bond acceptors (Lipinski definition) is 10. The molecule has 1 aliphatic heterocycles. The van der Waals surface area contributed by atoms with E-state index in [4.69, 9.17) is 19.3 Å². The third kappa shape index (κ3) is 8.35. The summed E-state index contributed by atoms with van der Waals surface area (Å²) in [4.78, 5) is 0. The number of ether oxygens (including phenoxy) is 3. The van der Waals surface area contributed by atoms with Crippen LogP contribution in [0.4, 0.5) is 0 Å². The van der Waals surface area contributed by atoms with Crippen molar-refractivity contribution in [1.29, 1.82) is 0 Å². The van der Waals surface area contributed by atoms with Crippen LogP contribution in [0.15, 0.2) is 0 Å². The van der Waals surface area contributed by atoms with Crippen LogP contribution in [0.2, 0.25) is 0 Å². The Morgan fingerprint density at radius 3 is 2.41 bits per heavy atom. The van der Waals surface area contributed by atoms with Gasteiger partial charge in [0.05, 0.1) is 37.9 Å². The SMILES string of the molecule is O=S(=O)(CCNCCO[C@H]1O[C@H](CO)[C@@H](O)[C@H](O)[C@@H]1O)CCOC[C]1[CH][CH][CH][CH]1. The summed E-state index contributed by atoms with van der Waals surface area (Å²) in [7, 11) is -3.24. The third-order valence-corrected chi connectivity index (χ3v) is 6.15. The van der Waals surface area contributed by atoms with E-state index in [0.717, 1.165) is 5.92 Å². The minimum Gasteiger partial charge on any atom is -0.394 e. The van der Waals surface area contributed by atoms with Crippen LogP contribution in [0.3, 0.4) is 0 Å². The zero-order chi connectivity index (χ0) is 21.3. The van der Waals surface area contributed by atoms with Crippen LogP contribution < -0.4 is 5.32 Å². The molecule has 10 nitrogen and oxygen atoms in total. The standard InChI is InChI=1S/C18H30NO9S/c20-11-14-15(21)16(22)17(23)18(28-14)27-7-5-19-6-9-29(24,25)10-8-26-12-13-3-1-2-4-13/h1-4,14-23H,5-12H2/t14-,15-,16+,17+,18+/m1/s1. The summed E-state index contributed by atoms with van der Waals surface area (Å²) in [5, 5.41) is 41.2. The van der Waals surface area contributed by atoms with Crippen LogP contribution in [0.5, 0.6) is 0 Å². The van der Waals surface area contributed by atoms with Gasteiger partial charge in [0.25, 0.3) is 0 Å². The monoisotopic (exact) mass is 436 g/mol. The molecular formula is C18H30NO9S. The Balaban J connectivity index is 1.53. The zero-order valence-corrected chi connectivity index (χ0v) is 16.9. The van der Waals surface area contributed by atoms with Crippen molar-refractivity contribution < 1.29 is 43.1 Å². The first-order valence-electron chi connectivity index (χ1n) is 9.45. The maximum absolute atomic E-state index is 12.0. The lowest BCUT2D eigenvalue weighted by atomic mass is 9.99. The Hall–Kier alpha value is -0.370. The molecule has 167 valence electrons. The Labute approximate surface area is 172 Å². The van der Waals surface area contributed by atoms with Crippen LogP contribution in [0.1, 0.15) is 0 Å². The predicted octanol–water partition coefficient (Wildman–Crippen LogP) is -2.77. The van der Waals surface area contributed by atoms with Crippen LogP contribution in [0.25, 0.3) is 0 Å². The van der Waals surface area contributed by atoms with E-state index in [1.807, 2.05) is 25.7 Å². The number of rotatable bonds is 13. The maximum atomic E-state index is 12.0. The Kier molecular flexibility index (Phi) is 10.7. The van der Waals surface area contributed by atoms with Gasteiger partial charge in [0.15, 0.2) is 16.1 Å². The minimum absolute atomic E-state index is 0.0488. The lowest BCUT2D eigenvalue weighted by Crippen LogP contribution is -2.59. The summed E-state index contributed by atoms with van der Waals surface area (Å²) in [5.74, 6) is 0.896. The van der Waals surface area contributed by atoms with Crippen LogP contribution in [-0.2, 0) is 24.0 Å². The molecule has 1 heterocycles. The quantitative estimate of drug-likeness (QED) is 0.192. The van der Waals surface area contributed by atoms with E-state index in [1.54, 1.807) is 0 Å². The highest BCUT2D eigenvalue weighted by molar-refractivity contribution is 7.91. The first kappa shape index (κ1) is 24.9. The highest BCUT2D eigenvalue weighted by Crippen LogP contribution is 2.23. The maximum Gasteiger partial charge on any atom is 0.186 e. The van der Waals surface area contributed by atoms with Crippen LogP contribution in [0, 0.1) is 31.6 Å². The van der Waals surface area contributed by atoms with Crippen molar-refractivity contribution in [3.05, 3.63) is 31.6 Å². The largest absolute Gasteiger partial charge is 0.394 e. The van der Waals surface area contributed by atoms with Crippen molar-refractivity contribution in [2.75, 3.05) is 51.0 Å². The number of hydrogen-bond donors (Lipinski definition) is 5. The molecule has 2 rings (SSSR count). The molecule has 5 radical (unpaired) electrons. The molecule has 0 spiro atoms. The molecule has 0 amide bonds. The van der Waals surface area contributed by atoms with Gasteiger partial charge in [-0.1, -0.05) is 0 Å². The molecule has 5 atom stereocenters. The summed E-state index contributed by atoms with van der Waals surface area (Å²) in [6.07, 6.45) is 0.979. The molecule has 0 aromatic rings. The summed E-state index contributed by atoms with van der Waals surface area (Å²) in [5.41, 5.74) is 0. The summed E-state index contributed by atoms with van der Waals surface area (Å²) >= 11 is 0. The smallest absolute Gasteiger partial charge is 0.186 e. The van der Waals surface area contributed by atoms with Crippen molar-refractivity contribution in [3.8, 4) is 0 Å². The molecule has 0 aromatic heterocycles. The predicted molar refractivity (Wildman–Crippen MR) is 103 cm³/mol. The van der Waals surface area contributed by atoms with E-state index in [0.29, 0.717) is 6.61 Å². The molecule has 5 N–H and O–H groups in total. The van der Waals surface area contributed by atoms with Crippen molar-refractivity contribution in [2.45, 2.75) is 30.7 Å². The van der Waals surface area contributed by atoms with Gasteiger partial charge in [-0.05, 0) is 25.7 Å². The fourth-order valence-corrected chi connectivity index (χ4v) is 3.82. The number of sulfone groups is 1. The van der Waals surface area contributed by atoms with Gasteiger partial charge in [0.1, 0.15) is 24.4 Å². The molecule has 1 saturated carbocycles. The van der Waals surface area contributed by atoms with E-state index in [9.17, 15) is 23.7 Å².